The summed E-state index contributed by atoms with van der Waals surface area (Å²) in [5.41, 5.74) is 3.36. The molecule has 0 bridgehead atoms. The van der Waals surface area contributed by atoms with Crippen LogP contribution in [0.15, 0.2) is 67.2 Å². The van der Waals surface area contributed by atoms with Gasteiger partial charge in [0.25, 0.3) is 0 Å². The fraction of sp³-hybridized carbons (Fsp3) is 0.125. The summed E-state index contributed by atoms with van der Waals surface area (Å²) in [7, 11) is 0. The molecule has 2 aromatic carbocycles. The topological polar surface area (TPSA) is 12.0 Å². The van der Waals surface area contributed by atoms with Gasteiger partial charge in [0.05, 0.1) is 0 Å². The first-order chi connectivity index (χ1) is 8.27. The van der Waals surface area contributed by atoms with Crippen LogP contribution in [0.4, 0.5) is 0 Å². The van der Waals surface area contributed by atoms with E-state index in [0.717, 1.165) is 11.3 Å². The van der Waals surface area contributed by atoms with Crippen LogP contribution < -0.4 is 5.32 Å². The summed E-state index contributed by atoms with van der Waals surface area (Å²) in [6.07, 6.45) is 0. The number of hydrogen-bond acceptors (Lipinski definition) is 1. The molecule has 1 heteroatoms. The minimum atomic E-state index is 0.268. The van der Waals surface area contributed by atoms with Gasteiger partial charge in [-0.05, 0) is 18.1 Å². The van der Waals surface area contributed by atoms with E-state index in [1.807, 2.05) is 24.3 Å². The highest BCUT2D eigenvalue weighted by atomic mass is 14.9. The summed E-state index contributed by atoms with van der Waals surface area (Å²) in [6.45, 7) is 6.22. The van der Waals surface area contributed by atoms with Crippen molar-refractivity contribution in [3.63, 3.8) is 0 Å². The Balaban J connectivity index is 2.05. The average molecular weight is 223 g/mol. The van der Waals surface area contributed by atoms with Crippen molar-refractivity contribution in [2.45, 2.75) is 13.0 Å². The van der Waals surface area contributed by atoms with Crippen molar-refractivity contribution in [3.05, 3.63) is 78.4 Å². The Bertz CT molecular complexity index is 473. The maximum atomic E-state index is 4.08. The quantitative estimate of drug-likeness (QED) is 0.825. The lowest BCUT2D eigenvalue weighted by Crippen LogP contribution is -2.16. The third-order valence-corrected chi connectivity index (χ3v) is 2.81. The highest BCUT2D eigenvalue weighted by Gasteiger charge is 2.05. The van der Waals surface area contributed by atoms with Crippen LogP contribution in [0.3, 0.4) is 0 Å². The smallest absolute Gasteiger partial charge is 0.0485 e. The van der Waals surface area contributed by atoms with Crippen molar-refractivity contribution >= 4 is 5.70 Å². The van der Waals surface area contributed by atoms with Crippen LogP contribution in [0.2, 0.25) is 0 Å². The molecule has 0 aliphatic rings. The lowest BCUT2D eigenvalue weighted by atomic mass is 10.1. The molecule has 1 unspecified atom stereocenters. The molecular weight excluding hydrogens is 206 g/mol. The number of rotatable bonds is 4. The largest absolute Gasteiger partial charge is 0.379 e. The van der Waals surface area contributed by atoms with E-state index in [1.165, 1.54) is 5.56 Å². The molecule has 0 fully saturated rings. The zero-order valence-electron chi connectivity index (χ0n) is 10.1. The monoisotopic (exact) mass is 223 g/mol. The van der Waals surface area contributed by atoms with Gasteiger partial charge >= 0.3 is 0 Å². The van der Waals surface area contributed by atoms with E-state index in [0.29, 0.717) is 0 Å². The van der Waals surface area contributed by atoms with Crippen molar-refractivity contribution in [3.8, 4) is 0 Å². The molecule has 0 spiro atoms. The summed E-state index contributed by atoms with van der Waals surface area (Å²) in [6, 6.07) is 20.8. The SMILES string of the molecule is C=C(NC(C)c1ccccc1)c1ccccc1. The first kappa shape index (κ1) is 11.5. The maximum absolute atomic E-state index is 4.08. The van der Waals surface area contributed by atoms with Gasteiger partial charge in [-0.25, -0.2) is 0 Å². The second-order valence-electron chi connectivity index (χ2n) is 4.12. The summed E-state index contributed by atoms with van der Waals surface area (Å²) < 4.78 is 0. The molecule has 1 nitrogen and oxygen atoms in total. The predicted octanol–water partition coefficient (Wildman–Crippen LogP) is 4.01. The van der Waals surface area contributed by atoms with Crippen molar-refractivity contribution in [2.75, 3.05) is 0 Å². The van der Waals surface area contributed by atoms with Gasteiger partial charge in [0.1, 0.15) is 0 Å². The number of hydrogen-bond donors (Lipinski definition) is 1. The molecule has 0 aliphatic carbocycles. The molecule has 0 saturated heterocycles. The molecule has 1 N–H and O–H groups in total. The molecule has 0 radical (unpaired) electrons. The normalized spacial score (nSPS) is 11.8. The zero-order chi connectivity index (χ0) is 12.1. The zero-order valence-corrected chi connectivity index (χ0v) is 10.1. The molecule has 1 atom stereocenters. The van der Waals surface area contributed by atoms with Gasteiger partial charge in [-0.3, -0.25) is 0 Å². The third-order valence-electron chi connectivity index (χ3n) is 2.81. The van der Waals surface area contributed by atoms with Crippen molar-refractivity contribution < 1.29 is 0 Å². The van der Waals surface area contributed by atoms with Crippen LogP contribution in [0.25, 0.3) is 5.70 Å². The molecule has 0 aliphatic heterocycles. The summed E-state index contributed by atoms with van der Waals surface area (Å²) in [5.74, 6) is 0. The van der Waals surface area contributed by atoms with Gasteiger partial charge in [-0.15, -0.1) is 0 Å². The second kappa shape index (κ2) is 5.35. The Morgan fingerprint density at radius 2 is 1.47 bits per heavy atom. The summed E-state index contributed by atoms with van der Waals surface area (Å²) in [4.78, 5) is 0. The van der Waals surface area contributed by atoms with Crippen LogP contribution in [-0.2, 0) is 0 Å². The Morgan fingerprint density at radius 1 is 0.941 bits per heavy atom. The van der Waals surface area contributed by atoms with E-state index in [1.54, 1.807) is 0 Å². The molecule has 0 saturated carbocycles. The van der Waals surface area contributed by atoms with Crippen LogP contribution in [0.5, 0.6) is 0 Å². The lowest BCUT2D eigenvalue weighted by molar-refractivity contribution is 0.702. The Kier molecular flexibility index (Phi) is 3.61. The highest BCUT2D eigenvalue weighted by molar-refractivity contribution is 5.61. The molecule has 0 heterocycles. The van der Waals surface area contributed by atoms with Crippen molar-refractivity contribution in [1.82, 2.24) is 5.32 Å². The van der Waals surface area contributed by atoms with Gasteiger partial charge in [0.15, 0.2) is 0 Å². The highest BCUT2D eigenvalue weighted by Crippen LogP contribution is 2.17. The number of nitrogens with one attached hydrogen (secondary N) is 1. The fourth-order valence-electron chi connectivity index (χ4n) is 1.81. The van der Waals surface area contributed by atoms with Gasteiger partial charge in [-0.1, -0.05) is 67.2 Å². The molecule has 2 rings (SSSR count). The van der Waals surface area contributed by atoms with Crippen LogP contribution in [-0.4, -0.2) is 0 Å². The second-order valence-corrected chi connectivity index (χ2v) is 4.12. The van der Waals surface area contributed by atoms with E-state index in [9.17, 15) is 0 Å². The van der Waals surface area contributed by atoms with E-state index < -0.39 is 0 Å². The van der Waals surface area contributed by atoms with Gasteiger partial charge in [-0.2, -0.15) is 0 Å². The Hall–Kier alpha value is -2.02. The van der Waals surface area contributed by atoms with E-state index in [4.69, 9.17) is 0 Å². The predicted molar refractivity (Wildman–Crippen MR) is 73.5 cm³/mol. The van der Waals surface area contributed by atoms with E-state index >= 15 is 0 Å². The lowest BCUT2D eigenvalue weighted by Gasteiger charge is -2.17. The van der Waals surface area contributed by atoms with Gasteiger partial charge in [0, 0.05) is 11.7 Å². The maximum Gasteiger partial charge on any atom is 0.0485 e. The molecular formula is C16H17N. The summed E-state index contributed by atoms with van der Waals surface area (Å²) >= 11 is 0. The summed E-state index contributed by atoms with van der Waals surface area (Å²) in [5, 5.41) is 3.42. The Morgan fingerprint density at radius 3 is 2.06 bits per heavy atom. The fourth-order valence-corrected chi connectivity index (χ4v) is 1.81. The van der Waals surface area contributed by atoms with E-state index in [2.05, 4.69) is 55.2 Å². The van der Waals surface area contributed by atoms with Crippen LogP contribution in [0.1, 0.15) is 24.1 Å². The van der Waals surface area contributed by atoms with Crippen LogP contribution >= 0.6 is 0 Å². The van der Waals surface area contributed by atoms with Crippen molar-refractivity contribution in [2.24, 2.45) is 0 Å². The third kappa shape index (κ3) is 2.97. The minimum Gasteiger partial charge on any atom is -0.379 e. The molecule has 0 aromatic heterocycles. The molecule has 86 valence electrons. The molecule has 17 heavy (non-hydrogen) atoms. The molecule has 0 amide bonds. The van der Waals surface area contributed by atoms with Crippen LogP contribution in [0, 0.1) is 0 Å². The standard InChI is InChI=1S/C16H17N/c1-13(15-9-5-3-6-10-15)17-14(2)16-11-7-4-8-12-16/h3-12,14,17H,1H2,2H3. The first-order valence-corrected chi connectivity index (χ1v) is 5.83. The van der Waals surface area contributed by atoms with Gasteiger partial charge < -0.3 is 5.32 Å². The minimum absolute atomic E-state index is 0.268. The molecule has 2 aromatic rings. The van der Waals surface area contributed by atoms with Crippen molar-refractivity contribution in [1.29, 1.82) is 0 Å². The number of benzene rings is 2. The first-order valence-electron chi connectivity index (χ1n) is 5.83. The van der Waals surface area contributed by atoms with E-state index in [-0.39, 0.29) is 6.04 Å². The Labute approximate surface area is 103 Å². The van der Waals surface area contributed by atoms with Gasteiger partial charge in [0.2, 0.25) is 0 Å². The average Bonchev–Trinajstić information content (AvgIpc) is 2.40.